The minimum atomic E-state index is -0.747. The van der Waals surface area contributed by atoms with Crippen LogP contribution in [0.5, 0.6) is 0 Å². The number of morpholine rings is 1. The summed E-state index contributed by atoms with van der Waals surface area (Å²) in [6.07, 6.45) is 4.05. The van der Waals surface area contributed by atoms with Gasteiger partial charge >= 0.3 is 5.97 Å². The molecule has 6 nitrogen and oxygen atoms in total. The van der Waals surface area contributed by atoms with E-state index in [0.717, 1.165) is 52.0 Å². The molecule has 3 rings (SSSR count). The maximum atomic E-state index is 11.1. The molecule has 2 unspecified atom stereocenters. The topological polar surface area (TPSA) is 68.2 Å². The molecule has 0 amide bonds. The van der Waals surface area contributed by atoms with Gasteiger partial charge in [-0.05, 0) is 25.7 Å². The first-order chi connectivity index (χ1) is 10.2. The first kappa shape index (κ1) is 15.2. The average molecular weight is 299 g/mol. The van der Waals surface area contributed by atoms with E-state index < -0.39 is 5.97 Å². The lowest BCUT2D eigenvalue weighted by atomic mass is 9.83. The van der Waals surface area contributed by atoms with Crippen LogP contribution in [0.25, 0.3) is 0 Å². The van der Waals surface area contributed by atoms with E-state index in [1.807, 2.05) is 0 Å². The zero-order valence-electron chi connectivity index (χ0n) is 12.5. The van der Waals surface area contributed by atoms with Crippen molar-refractivity contribution in [1.82, 2.24) is 4.90 Å². The number of hydrogen-bond acceptors (Lipinski definition) is 5. The van der Waals surface area contributed by atoms with Crippen LogP contribution in [0.4, 0.5) is 0 Å². The molecule has 120 valence electrons. The highest BCUT2D eigenvalue weighted by atomic mass is 16.5. The van der Waals surface area contributed by atoms with Crippen LogP contribution in [0.2, 0.25) is 0 Å². The van der Waals surface area contributed by atoms with Crippen molar-refractivity contribution in [1.29, 1.82) is 0 Å². The van der Waals surface area contributed by atoms with E-state index in [1.54, 1.807) is 0 Å². The smallest absolute Gasteiger partial charge is 0.305 e. The third-order valence-corrected chi connectivity index (χ3v) is 5.02. The number of carboxylic acid groups (broad SMARTS) is 1. The van der Waals surface area contributed by atoms with E-state index in [-0.39, 0.29) is 18.1 Å². The van der Waals surface area contributed by atoms with Crippen molar-refractivity contribution in [2.75, 3.05) is 39.6 Å². The summed E-state index contributed by atoms with van der Waals surface area (Å²) in [5.41, 5.74) is -0.0484. The summed E-state index contributed by atoms with van der Waals surface area (Å²) >= 11 is 0. The molecule has 0 aromatic carbocycles. The van der Waals surface area contributed by atoms with Gasteiger partial charge in [0.05, 0.1) is 25.2 Å². The average Bonchev–Trinajstić information content (AvgIpc) is 2.48. The van der Waals surface area contributed by atoms with E-state index in [4.69, 9.17) is 19.3 Å². The highest BCUT2D eigenvalue weighted by Crippen LogP contribution is 2.37. The SMILES string of the molecule is O=C(O)CC1COCCN1C1CCOC2(CCOCC2)C1. The van der Waals surface area contributed by atoms with Crippen LogP contribution in [0.15, 0.2) is 0 Å². The second kappa shape index (κ2) is 6.60. The Morgan fingerprint density at radius 2 is 2.00 bits per heavy atom. The Kier molecular flexibility index (Phi) is 4.78. The Balaban J connectivity index is 1.67. The third kappa shape index (κ3) is 3.56. The molecule has 0 aromatic rings. The van der Waals surface area contributed by atoms with Crippen LogP contribution in [0, 0.1) is 0 Å². The second-order valence-corrected chi connectivity index (χ2v) is 6.35. The first-order valence-corrected chi connectivity index (χ1v) is 7.96. The summed E-state index contributed by atoms with van der Waals surface area (Å²) in [5.74, 6) is -0.747. The third-order valence-electron chi connectivity index (χ3n) is 5.02. The second-order valence-electron chi connectivity index (χ2n) is 6.35. The Morgan fingerprint density at radius 1 is 1.19 bits per heavy atom. The van der Waals surface area contributed by atoms with Crippen LogP contribution in [0.3, 0.4) is 0 Å². The van der Waals surface area contributed by atoms with Crippen molar-refractivity contribution in [3.63, 3.8) is 0 Å². The zero-order chi connectivity index (χ0) is 14.7. The van der Waals surface area contributed by atoms with Crippen molar-refractivity contribution in [3.05, 3.63) is 0 Å². The van der Waals surface area contributed by atoms with Crippen LogP contribution in [-0.2, 0) is 19.0 Å². The molecule has 1 N–H and O–H groups in total. The normalized spacial score (nSPS) is 33.9. The van der Waals surface area contributed by atoms with E-state index in [9.17, 15) is 4.79 Å². The van der Waals surface area contributed by atoms with Crippen molar-refractivity contribution >= 4 is 5.97 Å². The highest BCUT2D eigenvalue weighted by Gasteiger charge is 2.42. The van der Waals surface area contributed by atoms with Gasteiger partial charge < -0.3 is 19.3 Å². The number of hydrogen-bond donors (Lipinski definition) is 1. The molecular formula is C15H25NO5. The minimum Gasteiger partial charge on any atom is -0.481 e. The molecule has 0 aliphatic carbocycles. The molecular weight excluding hydrogens is 274 g/mol. The summed E-state index contributed by atoms with van der Waals surface area (Å²) in [6.45, 7) is 4.36. The van der Waals surface area contributed by atoms with Crippen molar-refractivity contribution in [2.24, 2.45) is 0 Å². The fourth-order valence-electron chi connectivity index (χ4n) is 3.90. The molecule has 6 heteroatoms. The van der Waals surface area contributed by atoms with E-state index >= 15 is 0 Å². The number of ether oxygens (including phenoxy) is 3. The number of carboxylic acids is 1. The van der Waals surface area contributed by atoms with Crippen molar-refractivity contribution in [3.8, 4) is 0 Å². The van der Waals surface area contributed by atoms with Gasteiger partial charge in [0.1, 0.15) is 0 Å². The summed E-state index contributed by atoms with van der Waals surface area (Å²) in [5, 5.41) is 9.10. The zero-order valence-corrected chi connectivity index (χ0v) is 12.5. The first-order valence-electron chi connectivity index (χ1n) is 7.96. The minimum absolute atomic E-state index is 0.00348. The molecule has 0 radical (unpaired) electrons. The highest BCUT2D eigenvalue weighted by molar-refractivity contribution is 5.67. The van der Waals surface area contributed by atoms with E-state index in [0.29, 0.717) is 19.3 Å². The molecule has 0 bridgehead atoms. The van der Waals surface area contributed by atoms with Crippen LogP contribution < -0.4 is 0 Å². The van der Waals surface area contributed by atoms with Gasteiger partial charge in [0, 0.05) is 38.4 Å². The fraction of sp³-hybridized carbons (Fsp3) is 0.933. The van der Waals surface area contributed by atoms with Gasteiger partial charge in [0.25, 0.3) is 0 Å². The predicted molar refractivity (Wildman–Crippen MR) is 75.3 cm³/mol. The molecule has 0 aromatic heterocycles. The molecule has 1 spiro atoms. The van der Waals surface area contributed by atoms with Gasteiger partial charge in [-0.2, -0.15) is 0 Å². The van der Waals surface area contributed by atoms with Crippen LogP contribution in [0.1, 0.15) is 32.1 Å². The molecule has 2 atom stereocenters. The molecule has 3 aliphatic rings. The summed E-state index contributed by atoms with van der Waals surface area (Å²) < 4.78 is 17.0. The van der Waals surface area contributed by atoms with Crippen molar-refractivity contribution < 1.29 is 24.1 Å². The van der Waals surface area contributed by atoms with Gasteiger partial charge in [-0.3, -0.25) is 9.69 Å². The molecule has 21 heavy (non-hydrogen) atoms. The number of rotatable bonds is 3. The number of aliphatic carboxylic acids is 1. The van der Waals surface area contributed by atoms with E-state index in [2.05, 4.69) is 4.90 Å². The molecule has 3 heterocycles. The Bertz CT molecular complexity index is 364. The van der Waals surface area contributed by atoms with Gasteiger partial charge in [0.2, 0.25) is 0 Å². The van der Waals surface area contributed by atoms with Gasteiger partial charge in [-0.1, -0.05) is 0 Å². The fourth-order valence-corrected chi connectivity index (χ4v) is 3.90. The Labute approximate surface area is 125 Å². The Hall–Kier alpha value is -0.690. The number of carbonyl (C=O) groups is 1. The lowest BCUT2D eigenvalue weighted by molar-refractivity contribution is -0.164. The monoisotopic (exact) mass is 299 g/mol. The van der Waals surface area contributed by atoms with Crippen LogP contribution in [-0.4, -0.2) is 73.2 Å². The quantitative estimate of drug-likeness (QED) is 0.835. The van der Waals surface area contributed by atoms with E-state index in [1.165, 1.54) is 0 Å². The molecule has 3 aliphatic heterocycles. The largest absolute Gasteiger partial charge is 0.481 e. The molecule has 0 saturated carbocycles. The standard InChI is InChI=1S/C15H25NO5/c17-14(18)9-13-11-20-8-4-16(13)12-1-5-21-15(10-12)2-6-19-7-3-15/h12-13H,1-11H2,(H,17,18). The van der Waals surface area contributed by atoms with Crippen LogP contribution >= 0.6 is 0 Å². The predicted octanol–water partition coefficient (Wildman–Crippen LogP) is 0.890. The molecule has 3 fully saturated rings. The molecule has 3 saturated heterocycles. The lowest BCUT2D eigenvalue weighted by Crippen LogP contribution is -2.57. The van der Waals surface area contributed by atoms with Gasteiger partial charge in [0.15, 0.2) is 0 Å². The maximum Gasteiger partial charge on any atom is 0.305 e. The number of nitrogens with zero attached hydrogens (tertiary/aromatic N) is 1. The van der Waals surface area contributed by atoms with Gasteiger partial charge in [-0.25, -0.2) is 0 Å². The maximum absolute atomic E-state index is 11.1. The summed E-state index contributed by atoms with van der Waals surface area (Å²) in [6, 6.07) is 0.404. The summed E-state index contributed by atoms with van der Waals surface area (Å²) in [4.78, 5) is 13.4. The van der Waals surface area contributed by atoms with Crippen molar-refractivity contribution in [2.45, 2.75) is 49.8 Å². The lowest BCUT2D eigenvalue weighted by Gasteiger charge is -2.49. The summed E-state index contributed by atoms with van der Waals surface area (Å²) in [7, 11) is 0. The Morgan fingerprint density at radius 3 is 2.76 bits per heavy atom. The van der Waals surface area contributed by atoms with Gasteiger partial charge in [-0.15, -0.1) is 0 Å².